The molecule has 0 spiro atoms. The van der Waals surface area contributed by atoms with Gasteiger partial charge in [-0.05, 0) is 151 Å². The number of carbonyl (C=O) groups excluding carboxylic acids is 8. The average Bonchev–Trinajstić information content (AvgIpc) is 1.50. The molecule has 766 valence electrons. The van der Waals surface area contributed by atoms with Crippen LogP contribution in [0.5, 0.6) is 5.75 Å². The number of nitrogens with one attached hydrogen (secondary N) is 3. The van der Waals surface area contributed by atoms with Crippen molar-refractivity contribution in [3.05, 3.63) is 173 Å². The van der Waals surface area contributed by atoms with Crippen LogP contribution in [0.15, 0.2) is 140 Å². The number of aromatic carboxylic acids is 1. The van der Waals surface area contributed by atoms with Crippen LogP contribution in [0.1, 0.15) is 129 Å². The van der Waals surface area contributed by atoms with Gasteiger partial charge in [0.15, 0.2) is 22.4 Å². The van der Waals surface area contributed by atoms with Crippen molar-refractivity contribution in [2.24, 2.45) is 34.3 Å². The molecular weight excluding hydrogens is 1860 g/mol. The molecule has 0 saturated heterocycles. The van der Waals surface area contributed by atoms with E-state index in [4.69, 9.17) is 82.1 Å². The quantitative estimate of drug-likeness (QED) is 0.0117. The number of para-hydroxylation sites is 1. The maximum absolute atomic E-state index is 14.6. The highest BCUT2D eigenvalue weighted by Gasteiger charge is 2.56. The summed E-state index contributed by atoms with van der Waals surface area (Å²) in [5, 5.41) is 25.9. The molecule has 8 aromatic rings. The second kappa shape index (κ2) is 55.6. The number of primary amides is 1. The van der Waals surface area contributed by atoms with Crippen molar-refractivity contribution in [1.82, 2.24) is 40.2 Å². The number of rotatable bonds is 66. The third kappa shape index (κ3) is 35.2. The Morgan fingerprint density at radius 1 is 0.645 bits per heavy atom. The molecule has 2 saturated carbocycles. The predicted molar refractivity (Wildman–Crippen MR) is 525 cm³/mol. The van der Waals surface area contributed by atoms with Crippen LogP contribution in [0.4, 0.5) is 14.7 Å². The number of ketones is 2. The van der Waals surface area contributed by atoms with Crippen LogP contribution < -0.4 is 26.4 Å². The molecule has 2 aliphatic carbocycles. The van der Waals surface area contributed by atoms with Crippen molar-refractivity contribution >= 4 is 101 Å². The number of carboxylic acid groups (broad SMARTS) is 1. The first-order valence-electron chi connectivity index (χ1n) is 47.8. The second-order valence-electron chi connectivity index (χ2n) is 36.6. The monoisotopic (exact) mass is 1990 g/mol. The molecule has 0 radical (unpaired) electrons. The van der Waals surface area contributed by atoms with Gasteiger partial charge in [-0.1, -0.05) is 119 Å². The number of aromatic nitrogens is 4. The SMILES string of the molecule is COCCOCCOCCOCCOCCOCCOCCOCCOCCOCCOCCOc1ccc(C[C@@H](C(=O)C[C@H](C(=O)N[C@@H](CCCNC(N)=O)C(=O)Cc2ccc(COC(=O)N(CCOC34CC(C)CC(C)(CC(C)(Cn5ncc(-c6ccc(-c7ccc8cccc(C(=O)Nc9nc%10ccccc%10s9)c8c7)nc6C(=O)O)c5C)C3)C4)CCS(=O)(=O)O)cc2)C(C)C)N2C(=O)C=CC2=O)cc1. The number of fused-ring (bicyclic) bond motifs is 4. The van der Waals surface area contributed by atoms with Gasteiger partial charge in [-0.3, -0.25) is 48.2 Å². The Morgan fingerprint density at radius 3 is 1.82 bits per heavy atom. The molecule has 11 rings (SSSR count). The van der Waals surface area contributed by atoms with E-state index in [0.29, 0.717) is 219 Å². The number of Topliss-reactive ketones (excluding diaryl/α,β-unsaturated/α-hetero) is 2. The first-order chi connectivity index (χ1) is 67.9. The molecular formula is C102H134N10O27S2. The number of hydrogen-bond acceptors (Lipinski definition) is 29. The Balaban J connectivity index is 0.607. The summed E-state index contributed by atoms with van der Waals surface area (Å²) in [6, 6.07) is 32.3. The smallest absolute Gasteiger partial charge is 0.410 e. The van der Waals surface area contributed by atoms with Crippen molar-refractivity contribution < 1.29 is 128 Å². The molecule has 5 aromatic carbocycles. The molecule has 4 heterocycles. The molecule has 3 aliphatic rings. The Hall–Kier alpha value is -11.0. The van der Waals surface area contributed by atoms with Crippen LogP contribution >= 0.6 is 11.3 Å². The van der Waals surface area contributed by atoms with Gasteiger partial charge in [0, 0.05) is 98.6 Å². The molecule has 7 atom stereocenters. The topological polar surface area (TPSA) is 470 Å². The Morgan fingerprint density at radius 2 is 1.23 bits per heavy atom. The lowest BCUT2D eigenvalue weighted by Gasteiger charge is -2.58. The number of urea groups is 1. The fourth-order valence-corrected chi connectivity index (χ4v) is 19.9. The van der Waals surface area contributed by atoms with Gasteiger partial charge in [0.2, 0.25) is 5.91 Å². The maximum Gasteiger partial charge on any atom is 0.410 e. The van der Waals surface area contributed by atoms with Crippen LogP contribution in [-0.4, -0.2) is 303 Å². The Kier molecular flexibility index (Phi) is 43.5. The van der Waals surface area contributed by atoms with Gasteiger partial charge in [-0.25, -0.2) is 24.4 Å². The molecule has 2 fully saturated rings. The normalized spacial score (nSPS) is 17.5. The maximum atomic E-state index is 14.6. The van der Waals surface area contributed by atoms with Crippen LogP contribution in [-0.2, 0) is 122 Å². The molecule has 141 heavy (non-hydrogen) atoms. The second-order valence-corrected chi connectivity index (χ2v) is 39.2. The van der Waals surface area contributed by atoms with Gasteiger partial charge in [0.05, 0.1) is 185 Å². The number of anilines is 1. The third-order valence-electron chi connectivity index (χ3n) is 24.7. The minimum Gasteiger partial charge on any atom is -0.491 e. The van der Waals surface area contributed by atoms with Crippen LogP contribution in [0.25, 0.3) is 43.4 Å². The highest BCUT2D eigenvalue weighted by molar-refractivity contribution is 7.85. The molecule has 7 amide bonds. The summed E-state index contributed by atoms with van der Waals surface area (Å²) in [5.41, 5.74) is 9.39. The largest absolute Gasteiger partial charge is 0.491 e. The summed E-state index contributed by atoms with van der Waals surface area (Å²) >= 11 is 1.37. The predicted octanol–water partition coefficient (Wildman–Crippen LogP) is 11.5. The van der Waals surface area contributed by atoms with Crippen LogP contribution in [0.3, 0.4) is 0 Å². The minimum absolute atomic E-state index is 0.0123. The standard InChI is InChI=1S/C102H134N10O27S2/c1-70(2)81(61-89(114)87(112-91(115)29-30-92(112)116)58-73-21-25-78(26-22-73)137-56-55-136-54-53-135-52-51-134-50-49-133-48-47-132-46-45-131-44-43-130-42-41-129-40-39-128-38-37-127-36-35-126-7)95(118)107-85(15-11-31-104-97(103)121)88(113)59-74-17-19-75(20-18-74)65-138-99(122)110(33-57-141(123,124)125)32-34-139-102-63-71(3)62-100(5,67-102)66-101(6,68-102)69-111-72(4)83(64-105-111)79-27-28-84(106-93(79)96(119)120)77-24-23-76-12-10-13-80(82(76)60-77)94(117)109-98-108-86-14-8-9-16-90(86)140-98/h8-10,12-14,16-30,60,64,70-71,81,85,87H,11,15,31-59,61-63,65-69H2,1-7H3,(H,107,118)(H,119,120)(H3,103,104,121)(H,108,109,117)(H,123,124,125)/t71?,81-,85-,87-,100?,101?,102?/m0/s1. The fourth-order valence-electron chi connectivity index (χ4n) is 18.6. The Labute approximate surface area is 826 Å². The number of carboxylic acids is 1. The number of methoxy groups -OCH3 is 1. The lowest BCUT2D eigenvalue weighted by molar-refractivity contribution is -0.179. The van der Waals surface area contributed by atoms with E-state index in [1.807, 2.05) is 60.1 Å². The number of benzene rings is 5. The lowest BCUT2D eigenvalue weighted by Crippen LogP contribution is -2.55. The highest BCUT2D eigenvalue weighted by Crippen LogP contribution is 2.60. The number of carbonyl (C=O) groups is 9. The van der Waals surface area contributed by atoms with Crippen LogP contribution in [0.2, 0.25) is 0 Å². The first-order valence-corrected chi connectivity index (χ1v) is 50.3. The molecule has 4 unspecified atom stereocenters. The van der Waals surface area contributed by atoms with E-state index in [1.165, 1.54) is 16.2 Å². The van der Waals surface area contributed by atoms with E-state index in [9.17, 15) is 61.2 Å². The van der Waals surface area contributed by atoms with Gasteiger partial charge >= 0.3 is 18.1 Å². The van der Waals surface area contributed by atoms with Crippen molar-refractivity contribution in [3.63, 3.8) is 0 Å². The lowest BCUT2D eigenvalue weighted by atomic mass is 9.51. The number of nitrogens with two attached hydrogens (primary N) is 1. The molecule has 37 nitrogen and oxygen atoms in total. The number of amides is 7. The van der Waals surface area contributed by atoms with Gasteiger partial charge in [-0.2, -0.15) is 13.5 Å². The first kappa shape index (κ1) is 110. The summed E-state index contributed by atoms with van der Waals surface area (Å²) in [5.74, 6) is -6.13. The number of imide groups is 1. The van der Waals surface area contributed by atoms with E-state index < -0.39 is 111 Å². The van der Waals surface area contributed by atoms with E-state index in [-0.39, 0.29) is 88.1 Å². The molecule has 7 N–H and O–H groups in total. The summed E-state index contributed by atoms with van der Waals surface area (Å²) in [6.07, 6.45) is 6.27. The summed E-state index contributed by atoms with van der Waals surface area (Å²) in [6.45, 7) is 21.1. The number of nitrogens with zero attached hydrogens (tertiary/aromatic N) is 6. The third-order valence-corrected chi connectivity index (χ3v) is 26.3. The summed E-state index contributed by atoms with van der Waals surface area (Å²) < 4.78 is 116. The van der Waals surface area contributed by atoms with Crippen molar-refractivity contribution in [2.45, 2.75) is 137 Å². The number of hydrogen-bond donors (Lipinski definition) is 6. The Bertz CT molecular complexity index is 5540. The van der Waals surface area contributed by atoms with Gasteiger partial charge in [0.25, 0.3) is 27.8 Å². The van der Waals surface area contributed by atoms with Crippen molar-refractivity contribution in [1.29, 1.82) is 0 Å². The van der Waals surface area contributed by atoms with Gasteiger partial charge in [0.1, 0.15) is 25.0 Å². The van der Waals surface area contributed by atoms with E-state index >= 15 is 0 Å². The summed E-state index contributed by atoms with van der Waals surface area (Å²) in [7, 11) is -2.93. The highest BCUT2D eigenvalue weighted by atomic mass is 32.2. The average molecular weight is 2000 g/mol. The number of thiazole rings is 1. The summed E-state index contributed by atoms with van der Waals surface area (Å²) in [4.78, 5) is 134. The van der Waals surface area contributed by atoms with Crippen molar-refractivity contribution in [2.75, 3.05) is 190 Å². The molecule has 3 aromatic heterocycles. The minimum atomic E-state index is -4.56. The van der Waals surface area contributed by atoms with E-state index in [1.54, 1.807) is 100.0 Å². The zero-order chi connectivity index (χ0) is 101. The molecule has 1 aliphatic heterocycles. The van der Waals surface area contributed by atoms with Gasteiger partial charge < -0.3 is 92.7 Å². The van der Waals surface area contributed by atoms with E-state index in [0.717, 1.165) is 51.2 Å². The van der Waals surface area contributed by atoms with Crippen LogP contribution in [0, 0.1) is 35.5 Å². The van der Waals surface area contributed by atoms with Gasteiger partial charge in [-0.15, -0.1) is 0 Å². The van der Waals surface area contributed by atoms with E-state index in [2.05, 4.69) is 41.7 Å². The molecule has 39 heteroatoms. The zero-order valence-electron chi connectivity index (χ0n) is 81.4. The fraction of sp³-hybridized carbons (Fsp3) is 0.529. The molecule has 2 bridgehead atoms. The zero-order valence-corrected chi connectivity index (χ0v) is 83.1. The number of ether oxygens (including phenoxy) is 14. The number of pyridine rings is 1. The van der Waals surface area contributed by atoms with Crippen molar-refractivity contribution in [3.8, 4) is 28.1 Å².